The number of hydrogen-bond acceptors (Lipinski definition) is 6. The molecule has 0 aliphatic heterocycles. The molecule has 0 fully saturated rings. The molecule has 8 heteroatoms. The van der Waals surface area contributed by atoms with Crippen molar-refractivity contribution in [1.82, 2.24) is 19.1 Å². The molecule has 0 bridgehead atoms. The van der Waals surface area contributed by atoms with Crippen LogP contribution in [0, 0.1) is 0 Å². The Morgan fingerprint density at radius 2 is 0.700 bits per heavy atom. The van der Waals surface area contributed by atoms with Crippen LogP contribution in [0.5, 0.6) is 0 Å². The second-order valence-corrected chi connectivity index (χ2v) is 24.6. The van der Waals surface area contributed by atoms with E-state index in [1.807, 2.05) is 23.5 Å². The van der Waals surface area contributed by atoms with Crippen molar-refractivity contribution in [3.05, 3.63) is 279 Å². The van der Waals surface area contributed by atoms with Gasteiger partial charge in [-0.1, -0.05) is 133 Å². The van der Waals surface area contributed by atoms with Crippen molar-refractivity contribution < 1.29 is 13.3 Å². The van der Waals surface area contributed by atoms with E-state index in [4.69, 9.17) is 23.2 Å². The molecule has 8 aromatic heterocycles. The third-order valence-electron chi connectivity index (χ3n) is 18.6. The molecule has 0 atom stereocenters. The van der Waals surface area contributed by atoms with Gasteiger partial charge < -0.3 is 22.4 Å². The Labute approximate surface area is 516 Å². The van der Waals surface area contributed by atoms with Crippen LogP contribution in [0.3, 0.4) is 0 Å². The predicted octanol–water partition coefficient (Wildman–Crippen LogP) is 23.1. The van der Waals surface area contributed by atoms with Crippen LogP contribution in [0.2, 0.25) is 0 Å². The van der Waals surface area contributed by atoms with E-state index >= 15 is 0 Å². The first-order valence-electron chi connectivity index (χ1n) is 30.3. The molecule has 12 aromatic carbocycles. The van der Waals surface area contributed by atoms with Crippen molar-refractivity contribution in [2.45, 2.75) is 0 Å². The lowest BCUT2D eigenvalue weighted by atomic mass is 9.97. The molecule has 7 nitrogen and oxygen atoms in total. The van der Waals surface area contributed by atoms with Crippen LogP contribution >= 0.6 is 11.3 Å². The van der Waals surface area contributed by atoms with E-state index in [9.17, 15) is 0 Å². The molecule has 0 N–H and O–H groups in total. The fourth-order valence-electron chi connectivity index (χ4n) is 14.5. The summed E-state index contributed by atoms with van der Waals surface area (Å²) >= 11 is 1.85. The van der Waals surface area contributed by atoms with Crippen LogP contribution < -0.4 is 0 Å². The maximum Gasteiger partial charge on any atom is 0.144 e. The lowest BCUT2D eigenvalue weighted by Gasteiger charge is -2.10. The predicted molar refractivity (Wildman–Crippen MR) is 373 cm³/mol. The first-order valence-corrected chi connectivity index (χ1v) is 31.2. The molecule has 0 spiro atoms. The van der Waals surface area contributed by atoms with Crippen LogP contribution in [0.15, 0.2) is 292 Å². The summed E-state index contributed by atoms with van der Waals surface area (Å²) < 4.78 is 26.7. The van der Waals surface area contributed by atoms with Gasteiger partial charge in [-0.3, -0.25) is 0 Å². The van der Waals surface area contributed by atoms with Gasteiger partial charge in [-0.15, -0.1) is 11.3 Å². The fraction of sp³-hybridized carbons (Fsp3) is 0. The SMILES string of the molecule is c1cc(-c2ccc3oc4ccc(-n5c6ccccc6c6ccccc65)cc4c3c2)nc(-c2ccc3sc4c(-c5cccc6c5c5ccccc5n6-c5ccc6oc7ccc(-c8cccc(-c9cccc%10c9oc9ccccc9%10)n8)cc7c6c5)cccc4c3c2)c1. The van der Waals surface area contributed by atoms with Crippen LogP contribution in [0.4, 0.5) is 0 Å². The maximum absolute atomic E-state index is 6.56. The summed E-state index contributed by atoms with van der Waals surface area (Å²) in [4.78, 5) is 10.6. The van der Waals surface area contributed by atoms with Gasteiger partial charge in [0.1, 0.15) is 33.5 Å². The van der Waals surface area contributed by atoms with Crippen molar-refractivity contribution in [3.8, 4) is 67.5 Å². The summed E-state index contributed by atoms with van der Waals surface area (Å²) in [5.74, 6) is 0. The van der Waals surface area contributed by atoms with E-state index in [1.54, 1.807) is 0 Å². The summed E-state index contributed by atoms with van der Waals surface area (Å²) in [6, 6.07) is 99.5. The minimum absolute atomic E-state index is 0.829. The standard InChI is InChI=1S/C82H46N4O3S/c1-5-27-70-52(14-1)53-15-2-6-28-71(53)85(70)50-35-39-77-63(45-50)61-42-47(32-37-75(61)87-77)66-23-12-24-67(83-66)49-34-41-79-65(44-49)58-21-10-20-57(82(58)90-79)55-18-11-30-73-80(55)60-17-3-7-29-72(60)86(73)51-36-40-78-64(46-51)62-43-48(33-38-76(62)88-78)68-25-13-26-69(84-68)59-22-9-19-56-54-16-4-8-31-74(54)89-81(56)59/h1-46H. The van der Waals surface area contributed by atoms with Gasteiger partial charge in [0.15, 0.2) is 0 Å². The lowest BCUT2D eigenvalue weighted by Crippen LogP contribution is -1.93. The van der Waals surface area contributed by atoms with Crippen molar-refractivity contribution >= 4 is 141 Å². The molecule has 20 rings (SSSR count). The fourth-order valence-corrected chi connectivity index (χ4v) is 15.7. The number of pyridine rings is 2. The van der Waals surface area contributed by atoms with Gasteiger partial charge in [0.2, 0.25) is 0 Å². The van der Waals surface area contributed by atoms with Gasteiger partial charge in [-0.2, -0.15) is 0 Å². The Kier molecular flexibility index (Phi) is 10.3. The van der Waals surface area contributed by atoms with Crippen LogP contribution in [-0.4, -0.2) is 19.1 Å². The average molecular weight is 1170 g/mol. The van der Waals surface area contributed by atoms with Gasteiger partial charge in [0.05, 0.1) is 44.8 Å². The quantitative estimate of drug-likeness (QED) is 0.159. The highest BCUT2D eigenvalue weighted by molar-refractivity contribution is 7.26. The number of rotatable bonds is 7. The lowest BCUT2D eigenvalue weighted by molar-refractivity contribution is 0.668. The van der Waals surface area contributed by atoms with E-state index in [2.05, 4.69) is 276 Å². The summed E-state index contributed by atoms with van der Waals surface area (Å²) in [5, 5.41) is 13.7. The molecule has 0 saturated heterocycles. The Balaban J connectivity index is 0.653. The van der Waals surface area contributed by atoms with Gasteiger partial charge >= 0.3 is 0 Å². The van der Waals surface area contributed by atoms with Crippen molar-refractivity contribution in [2.75, 3.05) is 0 Å². The Morgan fingerprint density at radius 1 is 0.267 bits per heavy atom. The van der Waals surface area contributed by atoms with Crippen molar-refractivity contribution in [3.63, 3.8) is 0 Å². The Morgan fingerprint density at radius 3 is 1.36 bits per heavy atom. The molecule has 0 unspecified atom stereocenters. The van der Waals surface area contributed by atoms with Gasteiger partial charge in [0.25, 0.3) is 0 Å². The molecule has 418 valence electrons. The number of benzene rings is 12. The summed E-state index contributed by atoms with van der Waals surface area (Å²) in [7, 11) is 0. The Bertz CT molecular complexity index is 6390. The first-order chi connectivity index (χ1) is 44.6. The highest BCUT2D eigenvalue weighted by Gasteiger charge is 2.22. The van der Waals surface area contributed by atoms with Gasteiger partial charge in [-0.25, -0.2) is 9.97 Å². The number of thiophene rings is 1. The van der Waals surface area contributed by atoms with E-state index < -0.39 is 0 Å². The number of fused-ring (bicyclic) bond motifs is 18. The summed E-state index contributed by atoms with van der Waals surface area (Å²) in [5.41, 5.74) is 21.9. The largest absolute Gasteiger partial charge is 0.456 e. The smallest absolute Gasteiger partial charge is 0.144 e. The number of furan rings is 3. The van der Waals surface area contributed by atoms with E-state index in [-0.39, 0.29) is 0 Å². The zero-order valence-corrected chi connectivity index (χ0v) is 48.8. The van der Waals surface area contributed by atoms with E-state index in [0.29, 0.717) is 0 Å². The number of nitrogens with zero attached hydrogens (tertiary/aromatic N) is 4. The van der Waals surface area contributed by atoms with Crippen molar-refractivity contribution in [2.24, 2.45) is 0 Å². The summed E-state index contributed by atoms with van der Waals surface area (Å²) in [6.07, 6.45) is 0. The molecule has 0 saturated carbocycles. The average Bonchev–Trinajstić information content (AvgIpc) is 2.44. The number of aromatic nitrogens is 4. The van der Waals surface area contributed by atoms with Crippen molar-refractivity contribution in [1.29, 1.82) is 0 Å². The zero-order chi connectivity index (χ0) is 58.7. The van der Waals surface area contributed by atoms with Crippen LogP contribution in [0.1, 0.15) is 0 Å². The van der Waals surface area contributed by atoms with Gasteiger partial charge in [0, 0.05) is 113 Å². The first kappa shape index (κ1) is 49.3. The summed E-state index contributed by atoms with van der Waals surface area (Å²) in [6.45, 7) is 0. The molecular weight excluding hydrogens is 1120 g/mol. The van der Waals surface area contributed by atoms with Crippen LogP contribution in [-0.2, 0) is 0 Å². The number of hydrogen-bond donors (Lipinski definition) is 0. The molecular formula is C82H46N4O3S. The molecule has 20 aromatic rings. The Hall–Kier alpha value is -11.8. The molecule has 0 amide bonds. The van der Waals surface area contributed by atoms with E-state index in [1.165, 1.54) is 63.9 Å². The highest BCUT2D eigenvalue weighted by Crippen LogP contribution is 2.47. The third kappa shape index (κ3) is 7.28. The second kappa shape index (κ2) is 18.8. The molecule has 90 heavy (non-hydrogen) atoms. The molecule has 0 aliphatic carbocycles. The normalized spacial score (nSPS) is 12.2. The zero-order valence-electron chi connectivity index (χ0n) is 48.0. The topological polar surface area (TPSA) is 75.1 Å². The molecule has 0 radical (unpaired) electrons. The third-order valence-corrected chi connectivity index (χ3v) is 19.8. The van der Waals surface area contributed by atoms with Crippen LogP contribution in [0.25, 0.3) is 197 Å². The monoisotopic (exact) mass is 1170 g/mol. The minimum atomic E-state index is 0.829. The van der Waals surface area contributed by atoms with Gasteiger partial charge in [-0.05, 0) is 151 Å². The second-order valence-electron chi connectivity index (χ2n) is 23.5. The molecule has 8 heterocycles. The maximum atomic E-state index is 6.56. The number of para-hydroxylation sites is 5. The molecule has 0 aliphatic rings. The highest BCUT2D eigenvalue weighted by atomic mass is 32.1. The van der Waals surface area contributed by atoms with E-state index in [0.717, 1.165) is 133 Å². The minimum Gasteiger partial charge on any atom is -0.456 e.